The van der Waals surface area contributed by atoms with Crippen LogP contribution in [0.1, 0.15) is 41.4 Å². The predicted octanol–water partition coefficient (Wildman–Crippen LogP) is 2.47. The highest BCUT2D eigenvalue weighted by atomic mass is 32.2. The lowest BCUT2D eigenvalue weighted by Crippen LogP contribution is -2.40. The number of sulfonamides is 1. The standard InChI is InChI=1S/C18H19F4N3O4S/c1-8(26)11-5-3-9-13(30(28,29)24-11)7-25(2)16(9)18(27)23-12-6-4-10(19)14(15(12)20)17(21)22/h4,6-8,11,17,24,26H,3,5H2,1-2H3,(H,23,27)/t8?,11-/m1/s1. The van der Waals surface area contributed by atoms with Gasteiger partial charge in [0.05, 0.1) is 17.4 Å². The number of halogens is 4. The van der Waals surface area contributed by atoms with Crippen molar-refractivity contribution in [2.24, 2.45) is 7.05 Å². The summed E-state index contributed by atoms with van der Waals surface area (Å²) in [6.07, 6.45) is -2.91. The number of hydrogen-bond donors (Lipinski definition) is 3. The number of nitrogens with zero attached hydrogens (tertiary/aromatic N) is 1. The van der Waals surface area contributed by atoms with Crippen LogP contribution in [0, 0.1) is 11.6 Å². The first-order valence-electron chi connectivity index (χ1n) is 8.90. The number of carbonyl (C=O) groups excluding carboxylic acids is 1. The number of aromatic nitrogens is 1. The van der Waals surface area contributed by atoms with Gasteiger partial charge >= 0.3 is 0 Å². The zero-order chi connectivity index (χ0) is 22.4. The monoisotopic (exact) mass is 449 g/mol. The Morgan fingerprint density at radius 2 is 2.00 bits per heavy atom. The van der Waals surface area contributed by atoms with Crippen molar-refractivity contribution in [1.82, 2.24) is 9.29 Å². The molecule has 30 heavy (non-hydrogen) atoms. The summed E-state index contributed by atoms with van der Waals surface area (Å²) in [7, 11) is -2.65. The molecule has 1 unspecified atom stereocenters. The molecule has 2 aromatic rings. The van der Waals surface area contributed by atoms with Gasteiger partial charge in [-0.05, 0) is 31.9 Å². The number of rotatable bonds is 4. The lowest BCUT2D eigenvalue weighted by molar-refractivity contribution is 0.101. The van der Waals surface area contributed by atoms with Crippen LogP contribution in [0.2, 0.25) is 0 Å². The van der Waals surface area contributed by atoms with Crippen LogP contribution in [0.15, 0.2) is 23.2 Å². The van der Waals surface area contributed by atoms with E-state index in [-0.39, 0.29) is 29.0 Å². The molecule has 0 aliphatic carbocycles. The average Bonchev–Trinajstić information content (AvgIpc) is 2.91. The lowest BCUT2D eigenvalue weighted by Gasteiger charge is -2.18. The quantitative estimate of drug-likeness (QED) is 0.625. The summed E-state index contributed by atoms with van der Waals surface area (Å²) < 4.78 is 82.4. The van der Waals surface area contributed by atoms with Gasteiger partial charge in [0.25, 0.3) is 12.3 Å². The fraction of sp³-hybridized carbons (Fsp3) is 0.389. The van der Waals surface area contributed by atoms with Gasteiger partial charge < -0.3 is 15.0 Å². The molecule has 0 radical (unpaired) electrons. The number of benzene rings is 1. The Balaban J connectivity index is 2.01. The number of aryl methyl sites for hydroxylation is 1. The van der Waals surface area contributed by atoms with Crippen molar-refractivity contribution in [2.75, 3.05) is 5.32 Å². The second kappa shape index (κ2) is 8.00. The highest BCUT2D eigenvalue weighted by Gasteiger charge is 2.34. The van der Waals surface area contributed by atoms with Crippen LogP contribution in [0.3, 0.4) is 0 Å². The maximum atomic E-state index is 14.3. The molecule has 2 heterocycles. The van der Waals surface area contributed by atoms with Gasteiger partial charge in [-0.1, -0.05) is 0 Å². The molecule has 12 heteroatoms. The van der Waals surface area contributed by atoms with Crippen molar-refractivity contribution in [2.45, 2.75) is 43.2 Å². The van der Waals surface area contributed by atoms with Crippen molar-refractivity contribution in [3.63, 3.8) is 0 Å². The number of anilines is 1. The molecule has 3 N–H and O–H groups in total. The SMILES string of the molecule is CC(O)[C@H]1CCc2c(cn(C)c2C(=O)Nc2ccc(F)c(C(F)F)c2F)S(=O)(=O)N1. The fourth-order valence-electron chi connectivity index (χ4n) is 3.43. The second-order valence-electron chi connectivity index (χ2n) is 7.02. The van der Waals surface area contributed by atoms with Crippen molar-refractivity contribution >= 4 is 21.6 Å². The molecule has 0 spiro atoms. The molecule has 2 atom stereocenters. The third-order valence-corrected chi connectivity index (χ3v) is 6.48. The van der Waals surface area contributed by atoms with Crippen LogP contribution in [0.25, 0.3) is 0 Å². The minimum absolute atomic E-state index is 0.106. The Hall–Kier alpha value is -2.44. The fourth-order valence-corrected chi connectivity index (χ4v) is 5.09. The number of nitrogens with one attached hydrogen (secondary N) is 2. The average molecular weight is 449 g/mol. The summed E-state index contributed by atoms with van der Waals surface area (Å²) >= 11 is 0. The summed E-state index contributed by atoms with van der Waals surface area (Å²) in [4.78, 5) is 12.6. The third kappa shape index (κ3) is 3.94. The van der Waals surface area contributed by atoms with Gasteiger partial charge in [0.2, 0.25) is 10.0 Å². The van der Waals surface area contributed by atoms with Gasteiger partial charge in [0, 0.05) is 24.8 Å². The zero-order valence-corrected chi connectivity index (χ0v) is 16.7. The van der Waals surface area contributed by atoms with Crippen LogP contribution in [-0.2, 0) is 23.5 Å². The molecule has 1 aromatic carbocycles. The zero-order valence-electron chi connectivity index (χ0n) is 15.9. The molecule has 3 rings (SSSR count). The Kier molecular flexibility index (Phi) is 5.94. The van der Waals surface area contributed by atoms with Crippen LogP contribution in [0.4, 0.5) is 23.2 Å². The summed E-state index contributed by atoms with van der Waals surface area (Å²) in [6, 6.07) is 0.636. The van der Waals surface area contributed by atoms with Crippen LogP contribution < -0.4 is 10.0 Å². The largest absolute Gasteiger partial charge is 0.392 e. The number of aliphatic hydroxyl groups is 1. The van der Waals surface area contributed by atoms with Crippen molar-refractivity contribution < 1.29 is 35.9 Å². The molecule has 0 saturated heterocycles. The number of aliphatic hydroxyl groups excluding tert-OH is 1. The van der Waals surface area contributed by atoms with E-state index in [1.54, 1.807) is 0 Å². The molecule has 0 fully saturated rings. The van der Waals surface area contributed by atoms with E-state index in [9.17, 15) is 35.9 Å². The third-order valence-electron chi connectivity index (χ3n) is 4.94. The smallest absolute Gasteiger partial charge is 0.272 e. The molecule has 1 aliphatic heterocycles. The van der Waals surface area contributed by atoms with E-state index in [1.807, 2.05) is 0 Å². The number of hydrogen-bond acceptors (Lipinski definition) is 4. The van der Waals surface area contributed by atoms with Crippen LogP contribution in [0.5, 0.6) is 0 Å². The number of carbonyl (C=O) groups is 1. The second-order valence-corrected chi connectivity index (χ2v) is 8.70. The van der Waals surface area contributed by atoms with Crippen molar-refractivity contribution in [1.29, 1.82) is 0 Å². The van der Waals surface area contributed by atoms with E-state index in [0.717, 1.165) is 6.07 Å². The van der Waals surface area contributed by atoms with E-state index < -0.39 is 57.4 Å². The maximum absolute atomic E-state index is 14.3. The predicted molar refractivity (Wildman–Crippen MR) is 98.8 cm³/mol. The van der Waals surface area contributed by atoms with E-state index in [0.29, 0.717) is 6.07 Å². The molecule has 164 valence electrons. The summed E-state index contributed by atoms with van der Waals surface area (Å²) in [5, 5.41) is 11.9. The molecule has 1 amide bonds. The summed E-state index contributed by atoms with van der Waals surface area (Å²) in [6.45, 7) is 1.43. The Labute approximate surface area is 169 Å². The maximum Gasteiger partial charge on any atom is 0.272 e. The van der Waals surface area contributed by atoms with Crippen molar-refractivity contribution in [3.8, 4) is 0 Å². The highest BCUT2D eigenvalue weighted by molar-refractivity contribution is 7.89. The Morgan fingerprint density at radius 1 is 1.33 bits per heavy atom. The molecule has 0 bridgehead atoms. The number of alkyl halides is 2. The first-order chi connectivity index (χ1) is 13.9. The molecular weight excluding hydrogens is 430 g/mol. The van der Waals surface area contributed by atoms with E-state index in [2.05, 4.69) is 10.0 Å². The van der Waals surface area contributed by atoms with Gasteiger partial charge in [0.1, 0.15) is 16.4 Å². The number of fused-ring (bicyclic) bond motifs is 1. The van der Waals surface area contributed by atoms with E-state index in [4.69, 9.17) is 0 Å². The first-order valence-corrected chi connectivity index (χ1v) is 10.4. The number of amides is 1. The van der Waals surface area contributed by atoms with E-state index in [1.165, 1.54) is 24.7 Å². The van der Waals surface area contributed by atoms with Gasteiger partial charge in [-0.3, -0.25) is 4.79 Å². The minimum Gasteiger partial charge on any atom is -0.392 e. The van der Waals surface area contributed by atoms with Crippen molar-refractivity contribution in [3.05, 3.63) is 46.8 Å². The topological polar surface area (TPSA) is 100 Å². The van der Waals surface area contributed by atoms with Gasteiger partial charge in [-0.2, -0.15) is 0 Å². The molecular formula is C18H19F4N3O4S. The van der Waals surface area contributed by atoms with Gasteiger partial charge in [-0.15, -0.1) is 0 Å². The Morgan fingerprint density at radius 3 is 2.60 bits per heavy atom. The normalized spacial score (nSPS) is 19.3. The molecule has 7 nitrogen and oxygen atoms in total. The van der Waals surface area contributed by atoms with Crippen LogP contribution >= 0.6 is 0 Å². The van der Waals surface area contributed by atoms with Gasteiger partial charge in [0.15, 0.2) is 5.82 Å². The molecule has 1 aromatic heterocycles. The van der Waals surface area contributed by atoms with Crippen LogP contribution in [-0.4, -0.2) is 36.1 Å². The first kappa shape index (κ1) is 22.2. The molecule has 0 saturated carbocycles. The lowest BCUT2D eigenvalue weighted by atomic mass is 10.0. The summed E-state index contributed by atoms with van der Waals surface area (Å²) in [5.41, 5.74) is -2.11. The van der Waals surface area contributed by atoms with E-state index >= 15 is 0 Å². The summed E-state index contributed by atoms with van der Waals surface area (Å²) in [5.74, 6) is -4.01. The minimum atomic E-state index is -4.05. The Bertz CT molecular complexity index is 1100. The highest BCUT2D eigenvalue weighted by Crippen LogP contribution is 2.31. The van der Waals surface area contributed by atoms with Gasteiger partial charge in [-0.25, -0.2) is 30.7 Å². The molecule has 1 aliphatic rings.